The Hall–Kier alpha value is -5.72. The lowest BCUT2D eigenvalue weighted by atomic mass is 9.93. The first-order chi connectivity index (χ1) is 33.5. The summed E-state index contributed by atoms with van der Waals surface area (Å²) in [5, 5.41) is 18.1. The average Bonchev–Trinajstić information content (AvgIpc) is 3.80. The Balaban J connectivity index is 0.000000236. The molecule has 3 N–H and O–H groups in total. The van der Waals surface area contributed by atoms with Crippen LogP contribution >= 0.6 is 12.4 Å². The normalized spacial score (nSPS) is 21.7. The lowest BCUT2D eigenvalue weighted by molar-refractivity contribution is -0.195. The number of rotatable bonds is 12. The van der Waals surface area contributed by atoms with Crippen molar-refractivity contribution in [2.24, 2.45) is 14.1 Å². The third kappa shape index (κ3) is 13.7. The van der Waals surface area contributed by atoms with Crippen molar-refractivity contribution in [2.75, 3.05) is 65.6 Å². The molecule has 4 saturated heterocycles. The molecule has 5 amide bonds. The van der Waals surface area contributed by atoms with E-state index >= 15 is 0 Å². The van der Waals surface area contributed by atoms with E-state index in [1.165, 1.54) is 9.80 Å². The predicted molar refractivity (Wildman–Crippen MR) is 253 cm³/mol. The third-order valence-electron chi connectivity index (χ3n) is 12.8. The molecule has 4 aromatic rings. The van der Waals surface area contributed by atoms with E-state index in [4.69, 9.17) is 14.2 Å². The molecular formula is C47H61ClF6N10O8. The van der Waals surface area contributed by atoms with Crippen molar-refractivity contribution in [3.05, 3.63) is 47.8 Å². The van der Waals surface area contributed by atoms with Gasteiger partial charge in [-0.15, -0.1) is 12.4 Å². The summed E-state index contributed by atoms with van der Waals surface area (Å²) in [6, 6.07) is 7.46. The van der Waals surface area contributed by atoms with Crippen LogP contribution in [-0.2, 0) is 38.0 Å². The zero-order valence-electron chi connectivity index (χ0n) is 40.7. The maximum atomic E-state index is 13.8. The van der Waals surface area contributed by atoms with Crippen molar-refractivity contribution in [2.45, 2.75) is 101 Å². The van der Waals surface area contributed by atoms with Gasteiger partial charge in [-0.05, 0) is 70.7 Å². The van der Waals surface area contributed by atoms with Crippen LogP contribution in [0.15, 0.2) is 36.4 Å². The second kappa shape index (κ2) is 23.0. The molecule has 2 aromatic carbocycles. The lowest BCUT2D eigenvalue weighted by Gasteiger charge is -2.42. The van der Waals surface area contributed by atoms with Crippen LogP contribution in [-0.4, -0.2) is 160 Å². The van der Waals surface area contributed by atoms with E-state index in [1.54, 1.807) is 74.6 Å². The Morgan fingerprint density at radius 1 is 0.694 bits per heavy atom. The van der Waals surface area contributed by atoms with Gasteiger partial charge < -0.3 is 24.4 Å². The van der Waals surface area contributed by atoms with Crippen molar-refractivity contribution in [1.82, 2.24) is 50.2 Å². The number of carbonyl (C=O) groups is 5. The smallest absolute Gasteiger partial charge is 0.410 e. The number of aryl methyl sites for hydroxylation is 2. The molecule has 2 aromatic heterocycles. The van der Waals surface area contributed by atoms with Gasteiger partial charge in [-0.25, -0.2) is 4.79 Å². The summed E-state index contributed by atoms with van der Waals surface area (Å²) in [4.78, 5) is 63.7. The maximum absolute atomic E-state index is 13.8. The third-order valence-corrected chi connectivity index (χ3v) is 12.8. The van der Waals surface area contributed by atoms with Gasteiger partial charge in [0.1, 0.15) is 29.2 Å². The quantitative estimate of drug-likeness (QED) is 0.0921. The molecule has 6 heterocycles. The van der Waals surface area contributed by atoms with Crippen LogP contribution in [0.2, 0.25) is 0 Å². The Labute approximate surface area is 417 Å². The fourth-order valence-corrected chi connectivity index (χ4v) is 9.28. The molecule has 18 nitrogen and oxygen atoms in total. The molecule has 4 atom stereocenters. The fourth-order valence-electron chi connectivity index (χ4n) is 9.28. The zero-order chi connectivity index (χ0) is 51.4. The highest BCUT2D eigenvalue weighted by Gasteiger charge is 2.48. The summed E-state index contributed by atoms with van der Waals surface area (Å²) < 4.78 is 101. The highest BCUT2D eigenvalue weighted by Crippen LogP contribution is 2.35. The maximum Gasteiger partial charge on any atom is 0.410 e. The Kier molecular flexibility index (Phi) is 17.8. The van der Waals surface area contributed by atoms with Crippen LogP contribution in [0.3, 0.4) is 0 Å². The number of alkyl halides is 6. The van der Waals surface area contributed by atoms with E-state index < -0.39 is 54.5 Å². The number of benzene rings is 2. The molecule has 0 saturated carbocycles. The van der Waals surface area contributed by atoms with Crippen LogP contribution < -0.4 is 25.4 Å². The molecule has 0 bridgehead atoms. The van der Waals surface area contributed by atoms with Gasteiger partial charge in [0, 0.05) is 102 Å². The number of halogens is 7. The number of piperidine rings is 2. The number of nitrogens with zero attached hydrogens (tertiary/aromatic N) is 7. The summed E-state index contributed by atoms with van der Waals surface area (Å²) in [5.41, 5.74) is 1.94. The summed E-state index contributed by atoms with van der Waals surface area (Å²) in [5.74, 6) is -1.16. The van der Waals surface area contributed by atoms with Gasteiger partial charge in [-0.1, -0.05) is 0 Å². The van der Waals surface area contributed by atoms with Gasteiger partial charge in [0.2, 0.25) is 23.6 Å². The zero-order valence-corrected chi connectivity index (χ0v) is 41.5. The molecule has 25 heteroatoms. The van der Waals surface area contributed by atoms with Gasteiger partial charge in [-0.2, -0.15) is 36.5 Å². The van der Waals surface area contributed by atoms with E-state index in [1.807, 2.05) is 6.07 Å². The van der Waals surface area contributed by atoms with Crippen molar-refractivity contribution in [3.8, 4) is 11.5 Å². The first-order valence-corrected chi connectivity index (χ1v) is 23.6. The minimum absolute atomic E-state index is 0. The number of hydrogen-bond acceptors (Lipinski definition) is 13. The molecule has 0 spiro atoms. The monoisotopic (exact) mass is 1040 g/mol. The SMILES string of the molecule is Cl.Cn1nc(C2CCC(=O)NC2=O)c2ccc(OCCCN3CCN(C(=O)OC(C)(C)C)CC3C(F)(F)F)cc21.Cn1nc(C2CCC(=O)NC2=O)c2ccc(OCCCN3CCNCC3C(F)(F)F)cc21. The summed E-state index contributed by atoms with van der Waals surface area (Å²) >= 11 is 0. The van der Waals surface area contributed by atoms with Crippen LogP contribution in [0.4, 0.5) is 31.1 Å². The van der Waals surface area contributed by atoms with Crippen molar-refractivity contribution >= 4 is 63.9 Å². The van der Waals surface area contributed by atoms with E-state index in [2.05, 4.69) is 26.1 Å². The largest absolute Gasteiger partial charge is 0.493 e. The van der Waals surface area contributed by atoms with Crippen molar-refractivity contribution < 1.29 is 64.5 Å². The van der Waals surface area contributed by atoms with Gasteiger partial charge >= 0.3 is 18.4 Å². The predicted octanol–water partition coefficient (Wildman–Crippen LogP) is 5.47. The topological polar surface area (TPSA) is 194 Å². The molecule has 72 heavy (non-hydrogen) atoms. The van der Waals surface area contributed by atoms with Gasteiger partial charge in [0.25, 0.3) is 0 Å². The number of ether oxygens (including phenoxy) is 3. The second-order valence-corrected chi connectivity index (χ2v) is 19.1. The van der Waals surface area contributed by atoms with E-state index in [0.29, 0.717) is 68.2 Å². The highest BCUT2D eigenvalue weighted by molar-refractivity contribution is 6.03. The van der Waals surface area contributed by atoms with E-state index in [-0.39, 0.29) is 88.3 Å². The second-order valence-electron chi connectivity index (χ2n) is 19.1. The number of fused-ring (bicyclic) bond motifs is 2. The van der Waals surface area contributed by atoms with Gasteiger partial charge in [0.15, 0.2) is 0 Å². The first kappa shape index (κ1) is 55.6. The molecule has 396 valence electrons. The van der Waals surface area contributed by atoms with E-state index in [0.717, 1.165) is 26.7 Å². The molecule has 4 fully saturated rings. The Bertz CT molecular complexity index is 2600. The van der Waals surface area contributed by atoms with E-state index in [9.17, 15) is 50.3 Å². The van der Waals surface area contributed by atoms with Gasteiger partial charge in [-0.3, -0.25) is 49.0 Å². The number of imide groups is 2. The van der Waals surface area contributed by atoms with Crippen LogP contribution in [0.1, 0.15) is 82.5 Å². The molecule has 0 aliphatic carbocycles. The molecule has 4 unspecified atom stereocenters. The Morgan fingerprint density at radius 3 is 1.61 bits per heavy atom. The lowest BCUT2D eigenvalue weighted by Crippen LogP contribution is -2.60. The standard InChI is InChI=1S/C26H34F3N5O5.C21H26F3N5O3.ClH/c1-25(2,3)39-24(37)34-12-11-33(20(15-34)26(27,28)29)10-5-13-38-16-6-7-17-19(14-16)32(4)31-22(17)18-8-9-21(35)30-23(18)36;1-28-16-11-13(32-10-2-8-29-9-7-25-12-17(29)21(22,23)24)3-4-14(16)19(27-28)15-5-6-18(30)26-20(15)31;/h6-7,14,18,20H,5,8-13,15H2,1-4H3,(H,30,35,36);3-4,11,15,17,25H,2,5-10,12H2,1H3,(H,26,30,31);1H. The minimum atomic E-state index is -4.49. The number of carbonyl (C=O) groups excluding carboxylic acids is 5. The number of hydrogen-bond donors (Lipinski definition) is 3. The number of amides is 5. The summed E-state index contributed by atoms with van der Waals surface area (Å²) in [6.07, 6.45) is -7.34. The molecule has 0 radical (unpaired) electrons. The number of aromatic nitrogens is 4. The van der Waals surface area contributed by atoms with Crippen molar-refractivity contribution in [1.29, 1.82) is 0 Å². The summed E-state index contributed by atoms with van der Waals surface area (Å²) in [6.45, 7) is 6.51. The van der Waals surface area contributed by atoms with Crippen LogP contribution in [0, 0.1) is 0 Å². The van der Waals surface area contributed by atoms with Crippen molar-refractivity contribution in [3.63, 3.8) is 0 Å². The average molecular weight is 1040 g/mol. The summed E-state index contributed by atoms with van der Waals surface area (Å²) in [7, 11) is 3.51. The minimum Gasteiger partial charge on any atom is -0.493 e. The fraction of sp³-hybridized carbons (Fsp3) is 0.596. The highest BCUT2D eigenvalue weighted by atomic mass is 35.5. The molecule has 4 aliphatic rings. The first-order valence-electron chi connectivity index (χ1n) is 23.6. The molecule has 4 aliphatic heterocycles. The van der Waals surface area contributed by atoms with Crippen LogP contribution in [0.5, 0.6) is 11.5 Å². The van der Waals surface area contributed by atoms with Gasteiger partial charge in [0.05, 0.1) is 47.5 Å². The van der Waals surface area contributed by atoms with Crippen LogP contribution in [0.25, 0.3) is 21.8 Å². The number of piperazine rings is 2. The number of nitrogens with one attached hydrogen (secondary N) is 3. The molecule has 8 rings (SSSR count). The Morgan fingerprint density at radius 2 is 1.17 bits per heavy atom. The molecular weight excluding hydrogens is 982 g/mol.